The summed E-state index contributed by atoms with van der Waals surface area (Å²) < 4.78 is 37.8. The van der Waals surface area contributed by atoms with Crippen LogP contribution >= 0.6 is 0 Å². The van der Waals surface area contributed by atoms with E-state index in [0.717, 1.165) is 19.3 Å². The van der Waals surface area contributed by atoms with Crippen LogP contribution in [0.3, 0.4) is 0 Å². The molecule has 0 aromatic heterocycles. The van der Waals surface area contributed by atoms with Crippen molar-refractivity contribution in [1.82, 2.24) is 0 Å². The Balaban J connectivity index is 3.23. The van der Waals surface area contributed by atoms with Gasteiger partial charge in [0.2, 0.25) is 0 Å². The summed E-state index contributed by atoms with van der Waals surface area (Å²) in [5, 5.41) is 0. The topological polar surface area (TPSA) is 89.9 Å². The first-order chi connectivity index (χ1) is 10.5. The highest BCUT2D eigenvalue weighted by Gasteiger charge is 2.08. The van der Waals surface area contributed by atoms with Crippen molar-refractivity contribution in [3.05, 3.63) is 0 Å². The SMILES string of the molecule is CCCCCCCCCCCCOC(=O)CCOS(=O)(=O)O. The van der Waals surface area contributed by atoms with E-state index in [9.17, 15) is 13.2 Å². The van der Waals surface area contributed by atoms with Gasteiger partial charge in [0.1, 0.15) is 0 Å². The molecule has 0 aromatic carbocycles. The number of rotatable bonds is 15. The molecule has 0 amide bonds. The Morgan fingerprint density at radius 1 is 0.864 bits per heavy atom. The van der Waals surface area contributed by atoms with Gasteiger partial charge in [0.05, 0.1) is 19.6 Å². The molecule has 7 heteroatoms. The third-order valence-corrected chi connectivity index (χ3v) is 3.76. The van der Waals surface area contributed by atoms with Gasteiger partial charge in [0, 0.05) is 0 Å². The van der Waals surface area contributed by atoms with Crippen molar-refractivity contribution in [2.45, 2.75) is 77.6 Å². The molecule has 0 radical (unpaired) electrons. The number of carbonyl (C=O) groups excluding carboxylic acids is 1. The minimum Gasteiger partial charge on any atom is -0.466 e. The molecule has 0 saturated carbocycles. The molecule has 0 heterocycles. The van der Waals surface area contributed by atoms with Gasteiger partial charge < -0.3 is 4.74 Å². The van der Waals surface area contributed by atoms with E-state index in [1.54, 1.807) is 0 Å². The number of hydrogen-bond donors (Lipinski definition) is 1. The van der Waals surface area contributed by atoms with Crippen molar-refractivity contribution in [3.8, 4) is 0 Å². The Bertz CT molecular complexity index is 366. The van der Waals surface area contributed by atoms with Crippen LogP contribution in [0.1, 0.15) is 77.6 Å². The number of carbonyl (C=O) groups is 1. The van der Waals surface area contributed by atoms with E-state index in [4.69, 9.17) is 9.29 Å². The summed E-state index contributed by atoms with van der Waals surface area (Å²) in [5.74, 6) is -0.514. The van der Waals surface area contributed by atoms with E-state index in [1.165, 1.54) is 44.9 Å². The Kier molecular flexibility index (Phi) is 13.5. The van der Waals surface area contributed by atoms with E-state index >= 15 is 0 Å². The van der Waals surface area contributed by atoms with Crippen molar-refractivity contribution in [3.63, 3.8) is 0 Å². The van der Waals surface area contributed by atoms with Gasteiger partial charge >= 0.3 is 16.4 Å². The highest BCUT2D eigenvalue weighted by atomic mass is 32.3. The highest BCUT2D eigenvalue weighted by Crippen LogP contribution is 2.10. The molecule has 0 rings (SSSR count). The molecular weight excluding hydrogens is 308 g/mol. The molecule has 0 bridgehead atoms. The predicted octanol–water partition coefficient (Wildman–Crippen LogP) is 3.66. The first-order valence-corrected chi connectivity index (χ1v) is 9.59. The van der Waals surface area contributed by atoms with Gasteiger partial charge in [0.25, 0.3) is 0 Å². The van der Waals surface area contributed by atoms with Crippen LogP contribution in [0.15, 0.2) is 0 Å². The monoisotopic (exact) mass is 338 g/mol. The average molecular weight is 338 g/mol. The molecule has 0 aliphatic rings. The fourth-order valence-electron chi connectivity index (χ4n) is 2.08. The molecule has 0 fully saturated rings. The molecule has 6 nitrogen and oxygen atoms in total. The number of ether oxygens (including phenoxy) is 1. The van der Waals surface area contributed by atoms with Gasteiger partial charge in [-0.2, -0.15) is 8.42 Å². The normalized spacial score (nSPS) is 11.5. The number of unbranched alkanes of at least 4 members (excludes halogenated alkanes) is 9. The molecular formula is C15H30O6S. The Hall–Kier alpha value is -0.660. The summed E-state index contributed by atoms with van der Waals surface area (Å²) in [6, 6.07) is 0. The fraction of sp³-hybridized carbons (Fsp3) is 0.933. The Morgan fingerprint density at radius 2 is 1.36 bits per heavy atom. The van der Waals surface area contributed by atoms with Crippen LogP contribution in [-0.2, 0) is 24.1 Å². The summed E-state index contributed by atoms with van der Waals surface area (Å²) in [6.07, 6.45) is 11.9. The summed E-state index contributed by atoms with van der Waals surface area (Å²) in [6.45, 7) is 2.17. The van der Waals surface area contributed by atoms with E-state index in [0.29, 0.717) is 6.61 Å². The standard InChI is InChI=1S/C15H30O6S/c1-2-3-4-5-6-7-8-9-10-11-13-20-15(16)12-14-21-22(17,18)19/h2-14H2,1H3,(H,17,18,19). The van der Waals surface area contributed by atoms with Crippen LogP contribution in [0, 0.1) is 0 Å². The van der Waals surface area contributed by atoms with Crippen molar-refractivity contribution in [2.75, 3.05) is 13.2 Å². The maximum absolute atomic E-state index is 11.2. The molecule has 0 saturated heterocycles. The Labute approximate surface area is 134 Å². The molecule has 0 aliphatic carbocycles. The van der Waals surface area contributed by atoms with Crippen LogP contribution in [0.5, 0.6) is 0 Å². The molecule has 22 heavy (non-hydrogen) atoms. The first-order valence-electron chi connectivity index (χ1n) is 8.23. The van der Waals surface area contributed by atoms with Gasteiger partial charge in [-0.3, -0.25) is 9.35 Å². The predicted molar refractivity (Wildman–Crippen MR) is 84.9 cm³/mol. The summed E-state index contributed by atoms with van der Waals surface area (Å²) in [5.41, 5.74) is 0. The quantitative estimate of drug-likeness (QED) is 0.278. The lowest BCUT2D eigenvalue weighted by Crippen LogP contribution is -2.12. The van der Waals surface area contributed by atoms with E-state index in [-0.39, 0.29) is 6.42 Å². The Morgan fingerprint density at radius 3 is 1.86 bits per heavy atom. The number of hydrogen-bond acceptors (Lipinski definition) is 5. The maximum atomic E-state index is 11.2. The first kappa shape index (κ1) is 21.3. The van der Waals surface area contributed by atoms with E-state index in [1.807, 2.05) is 0 Å². The van der Waals surface area contributed by atoms with Gasteiger partial charge in [-0.15, -0.1) is 0 Å². The molecule has 0 aromatic rings. The third kappa shape index (κ3) is 17.4. The minimum absolute atomic E-state index is 0.183. The zero-order valence-electron chi connectivity index (χ0n) is 13.6. The fourth-order valence-corrected chi connectivity index (χ4v) is 2.37. The van der Waals surface area contributed by atoms with Gasteiger partial charge in [-0.25, -0.2) is 4.18 Å². The van der Waals surface area contributed by atoms with Gasteiger partial charge in [-0.05, 0) is 6.42 Å². The zero-order chi connectivity index (χ0) is 16.7. The molecule has 0 aliphatic heterocycles. The smallest absolute Gasteiger partial charge is 0.397 e. The van der Waals surface area contributed by atoms with Crippen molar-refractivity contribution >= 4 is 16.4 Å². The lowest BCUT2D eigenvalue weighted by atomic mass is 10.1. The van der Waals surface area contributed by atoms with E-state index < -0.39 is 23.0 Å². The zero-order valence-corrected chi connectivity index (χ0v) is 14.4. The van der Waals surface area contributed by atoms with Crippen molar-refractivity contribution in [2.24, 2.45) is 0 Å². The largest absolute Gasteiger partial charge is 0.466 e. The molecule has 0 atom stereocenters. The van der Waals surface area contributed by atoms with Crippen LogP contribution < -0.4 is 0 Å². The lowest BCUT2D eigenvalue weighted by molar-refractivity contribution is -0.144. The molecule has 0 unspecified atom stereocenters. The summed E-state index contributed by atoms with van der Waals surface area (Å²) >= 11 is 0. The van der Waals surface area contributed by atoms with Gasteiger partial charge in [-0.1, -0.05) is 64.7 Å². The van der Waals surface area contributed by atoms with Gasteiger partial charge in [0.15, 0.2) is 0 Å². The second kappa shape index (κ2) is 14.0. The van der Waals surface area contributed by atoms with Crippen LogP contribution in [0.25, 0.3) is 0 Å². The minimum atomic E-state index is -4.47. The van der Waals surface area contributed by atoms with Crippen molar-refractivity contribution < 1.29 is 26.7 Å². The average Bonchev–Trinajstić information content (AvgIpc) is 2.43. The van der Waals surface area contributed by atoms with Crippen molar-refractivity contribution in [1.29, 1.82) is 0 Å². The number of esters is 1. The molecule has 132 valence electrons. The molecule has 0 spiro atoms. The van der Waals surface area contributed by atoms with Crippen LogP contribution in [-0.4, -0.2) is 32.2 Å². The second-order valence-corrected chi connectivity index (χ2v) is 6.49. The van der Waals surface area contributed by atoms with Crippen LogP contribution in [0.4, 0.5) is 0 Å². The summed E-state index contributed by atoms with van der Waals surface area (Å²) in [7, 11) is -4.47. The lowest BCUT2D eigenvalue weighted by Gasteiger charge is -2.05. The maximum Gasteiger partial charge on any atom is 0.397 e. The second-order valence-electron chi connectivity index (χ2n) is 5.40. The van der Waals surface area contributed by atoms with Crippen LogP contribution in [0.2, 0.25) is 0 Å². The van der Waals surface area contributed by atoms with E-state index in [2.05, 4.69) is 11.1 Å². The highest BCUT2D eigenvalue weighted by molar-refractivity contribution is 7.80. The summed E-state index contributed by atoms with van der Waals surface area (Å²) in [4.78, 5) is 11.2. The third-order valence-electron chi connectivity index (χ3n) is 3.30. The molecule has 1 N–H and O–H groups in total.